The fourth-order valence-electron chi connectivity index (χ4n) is 1.71. The van der Waals surface area contributed by atoms with Gasteiger partial charge in [0.15, 0.2) is 0 Å². The normalized spacial score (nSPS) is 13.4. The standard InChI is InChI=1S/C11H17ClN2O2/c1-6(2)9(11(15)16)8-5-13-14(7(3)4)10(8)12/h5-7,9H,1-4H3,(H,15,16). The maximum absolute atomic E-state index is 11.2. The van der Waals surface area contributed by atoms with Crippen molar-refractivity contribution in [3.63, 3.8) is 0 Å². The van der Waals surface area contributed by atoms with E-state index in [1.807, 2.05) is 27.7 Å². The Hall–Kier alpha value is -1.03. The lowest BCUT2D eigenvalue weighted by molar-refractivity contribution is -0.139. The van der Waals surface area contributed by atoms with E-state index in [0.717, 1.165) is 0 Å². The molecule has 0 spiro atoms. The molecule has 1 rings (SSSR count). The van der Waals surface area contributed by atoms with Gasteiger partial charge in [0.25, 0.3) is 0 Å². The van der Waals surface area contributed by atoms with E-state index < -0.39 is 11.9 Å². The minimum Gasteiger partial charge on any atom is -0.481 e. The summed E-state index contributed by atoms with van der Waals surface area (Å²) in [4.78, 5) is 11.2. The minimum absolute atomic E-state index is 0.0141. The van der Waals surface area contributed by atoms with E-state index in [4.69, 9.17) is 11.6 Å². The molecule has 0 fully saturated rings. The number of nitrogens with zero attached hydrogens (tertiary/aromatic N) is 2. The molecule has 0 aliphatic heterocycles. The molecule has 1 aromatic rings. The minimum atomic E-state index is -0.861. The Balaban J connectivity index is 3.16. The first-order valence-corrected chi connectivity index (χ1v) is 5.69. The lowest BCUT2D eigenvalue weighted by Gasteiger charge is -2.15. The molecule has 0 radical (unpaired) electrons. The van der Waals surface area contributed by atoms with Crippen LogP contribution in [-0.2, 0) is 4.79 Å². The van der Waals surface area contributed by atoms with E-state index in [2.05, 4.69) is 5.10 Å². The quantitative estimate of drug-likeness (QED) is 0.886. The van der Waals surface area contributed by atoms with Crippen LogP contribution in [0.1, 0.15) is 45.2 Å². The molecule has 5 heteroatoms. The maximum Gasteiger partial charge on any atom is 0.311 e. The van der Waals surface area contributed by atoms with Crippen LogP contribution in [0.4, 0.5) is 0 Å². The van der Waals surface area contributed by atoms with Crippen molar-refractivity contribution in [2.24, 2.45) is 5.92 Å². The highest BCUT2D eigenvalue weighted by Crippen LogP contribution is 2.31. The lowest BCUT2D eigenvalue weighted by atomic mass is 9.91. The average molecular weight is 245 g/mol. The van der Waals surface area contributed by atoms with Gasteiger partial charge in [-0.3, -0.25) is 9.48 Å². The van der Waals surface area contributed by atoms with Gasteiger partial charge < -0.3 is 5.11 Å². The second-order valence-electron chi connectivity index (χ2n) is 4.49. The molecule has 0 aliphatic rings. The fraction of sp³-hybridized carbons (Fsp3) is 0.636. The second-order valence-corrected chi connectivity index (χ2v) is 4.85. The molecule has 0 aromatic carbocycles. The highest BCUT2D eigenvalue weighted by molar-refractivity contribution is 6.30. The van der Waals surface area contributed by atoms with Crippen molar-refractivity contribution in [1.82, 2.24) is 9.78 Å². The monoisotopic (exact) mass is 244 g/mol. The highest BCUT2D eigenvalue weighted by Gasteiger charge is 2.28. The molecule has 1 aromatic heterocycles. The first kappa shape index (κ1) is 13.0. The number of hydrogen-bond acceptors (Lipinski definition) is 2. The van der Waals surface area contributed by atoms with Crippen molar-refractivity contribution in [1.29, 1.82) is 0 Å². The molecule has 1 unspecified atom stereocenters. The number of aliphatic carboxylic acids is 1. The van der Waals surface area contributed by atoms with Crippen molar-refractivity contribution in [2.45, 2.75) is 39.7 Å². The average Bonchev–Trinajstić information content (AvgIpc) is 2.47. The number of hydrogen-bond donors (Lipinski definition) is 1. The summed E-state index contributed by atoms with van der Waals surface area (Å²) < 4.78 is 1.63. The topological polar surface area (TPSA) is 55.1 Å². The van der Waals surface area contributed by atoms with E-state index in [1.54, 1.807) is 10.9 Å². The summed E-state index contributed by atoms with van der Waals surface area (Å²) in [6.07, 6.45) is 1.56. The fourth-order valence-corrected chi connectivity index (χ4v) is 2.11. The van der Waals surface area contributed by atoms with Gasteiger partial charge in [-0.1, -0.05) is 25.4 Å². The maximum atomic E-state index is 11.2. The van der Waals surface area contributed by atoms with Gasteiger partial charge in [-0.2, -0.15) is 5.10 Å². The molecular formula is C11H17ClN2O2. The molecule has 1 N–H and O–H groups in total. The summed E-state index contributed by atoms with van der Waals surface area (Å²) in [7, 11) is 0. The van der Waals surface area contributed by atoms with Crippen LogP contribution in [0.3, 0.4) is 0 Å². The summed E-state index contributed by atoms with van der Waals surface area (Å²) in [5.41, 5.74) is 0.595. The predicted molar refractivity (Wildman–Crippen MR) is 62.8 cm³/mol. The Morgan fingerprint density at radius 3 is 2.31 bits per heavy atom. The molecule has 4 nitrogen and oxygen atoms in total. The summed E-state index contributed by atoms with van der Waals surface area (Å²) in [6.45, 7) is 7.63. The first-order valence-electron chi connectivity index (χ1n) is 5.32. The molecule has 1 heterocycles. The van der Waals surface area contributed by atoms with Crippen LogP contribution in [0.15, 0.2) is 6.20 Å². The third-order valence-corrected chi connectivity index (χ3v) is 2.91. The Bertz CT molecular complexity index is 385. The van der Waals surface area contributed by atoms with Gasteiger partial charge in [-0.25, -0.2) is 0 Å². The summed E-state index contributed by atoms with van der Waals surface area (Å²) in [5, 5.41) is 13.7. The van der Waals surface area contributed by atoms with Gasteiger partial charge in [0.2, 0.25) is 0 Å². The van der Waals surface area contributed by atoms with Gasteiger partial charge in [0, 0.05) is 11.6 Å². The van der Waals surface area contributed by atoms with Crippen molar-refractivity contribution >= 4 is 17.6 Å². The van der Waals surface area contributed by atoms with Crippen molar-refractivity contribution in [3.05, 3.63) is 16.9 Å². The van der Waals surface area contributed by atoms with Crippen LogP contribution in [0.5, 0.6) is 0 Å². The van der Waals surface area contributed by atoms with E-state index in [1.165, 1.54) is 0 Å². The largest absolute Gasteiger partial charge is 0.481 e. The van der Waals surface area contributed by atoms with Crippen LogP contribution in [0.2, 0.25) is 5.15 Å². The Labute approximate surface area is 100 Å². The van der Waals surface area contributed by atoms with E-state index in [-0.39, 0.29) is 12.0 Å². The molecule has 0 saturated heterocycles. The molecule has 0 saturated carbocycles. The van der Waals surface area contributed by atoms with E-state index in [9.17, 15) is 9.90 Å². The molecule has 0 amide bonds. The van der Waals surface area contributed by atoms with Gasteiger partial charge in [0.1, 0.15) is 5.15 Å². The van der Waals surface area contributed by atoms with Crippen molar-refractivity contribution < 1.29 is 9.90 Å². The Kier molecular flexibility index (Phi) is 3.97. The zero-order chi connectivity index (χ0) is 12.5. The Morgan fingerprint density at radius 2 is 2.00 bits per heavy atom. The Morgan fingerprint density at radius 1 is 1.44 bits per heavy atom. The number of halogens is 1. The van der Waals surface area contributed by atoms with Crippen LogP contribution >= 0.6 is 11.6 Å². The number of rotatable bonds is 4. The zero-order valence-corrected chi connectivity index (χ0v) is 10.7. The van der Waals surface area contributed by atoms with Crippen LogP contribution in [0.25, 0.3) is 0 Å². The third-order valence-electron chi connectivity index (χ3n) is 2.52. The molecule has 0 aliphatic carbocycles. The van der Waals surface area contributed by atoms with E-state index >= 15 is 0 Å². The molecule has 0 bridgehead atoms. The number of carboxylic acid groups (broad SMARTS) is 1. The summed E-state index contributed by atoms with van der Waals surface area (Å²) in [6, 6.07) is 0.128. The molecule has 16 heavy (non-hydrogen) atoms. The number of aromatic nitrogens is 2. The molecule has 90 valence electrons. The van der Waals surface area contributed by atoms with E-state index in [0.29, 0.717) is 10.7 Å². The molecule has 1 atom stereocenters. The van der Waals surface area contributed by atoms with Crippen LogP contribution in [-0.4, -0.2) is 20.9 Å². The number of carboxylic acids is 1. The SMILES string of the molecule is CC(C)C(C(=O)O)c1cnn(C(C)C)c1Cl. The lowest BCUT2D eigenvalue weighted by Crippen LogP contribution is -2.17. The van der Waals surface area contributed by atoms with Gasteiger partial charge >= 0.3 is 5.97 Å². The van der Waals surface area contributed by atoms with Crippen molar-refractivity contribution in [3.8, 4) is 0 Å². The number of carbonyl (C=O) groups is 1. The van der Waals surface area contributed by atoms with Gasteiger partial charge in [0.05, 0.1) is 12.1 Å². The molecular weight excluding hydrogens is 228 g/mol. The van der Waals surface area contributed by atoms with Crippen LogP contribution in [0, 0.1) is 5.92 Å². The summed E-state index contributed by atoms with van der Waals surface area (Å²) in [5.74, 6) is -1.47. The summed E-state index contributed by atoms with van der Waals surface area (Å²) >= 11 is 6.14. The predicted octanol–water partition coefficient (Wildman–Crippen LogP) is 2.94. The highest BCUT2D eigenvalue weighted by atomic mass is 35.5. The van der Waals surface area contributed by atoms with Gasteiger partial charge in [-0.15, -0.1) is 0 Å². The first-order chi connectivity index (χ1) is 7.36. The van der Waals surface area contributed by atoms with Gasteiger partial charge in [-0.05, 0) is 19.8 Å². The smallest absolute Gasteiger partial charge is 0.311 e. The van der Waals surface area contributed by atoms with Crippen molar-refractivity contribution in [2.75, 3.05) is 0 Å². The van der Waals surface area contributed by atoms with Crippen LogP contribution < -0.4 is 0 Å². The third kappa shape index (κ3) is 2.38. The second kappa shape index (κ2) is 4.87. The zero-order valence-electron chi connectivity index (χ0n) is 9.94.